The summed E-state index contributed by atoms with van der Waals surface area (Å²) in [5.41, 5.74) is 3.31. The number of hydrogen-bond donors (Lipinski definition) is 0. The molecular weight excluding hydrogens is 450 g/mol. The second-order valence-electron chi connectivity index (χ2n) is 6.82. The third-order valence-corrected chi connectivity index (χ3v) is 5.37. The second-order valence-corrected chi connectivity index (χ2v) is 7.67. The molecule has 1 amide bonds. The molecule has 7 nitrogen and oxygen atoms in total. The van der Waals surface area contributed by atoms with Crippen molar-refractivity contribution in [3.63, 3.8) is 0 Å². The van der Waals surface area contributed by atoms with E-state index < -0.39 is 4.92 Å². The summed E-state index contributed by atoms with van der Waals surface area (Å²) in [6, 6.07) is 15.4. The van der Waals surface area contributed by atoms with Gasteiger partial charge in [0, 0.05) is 22.2 Å². The average molecular weight is 466 g/mol. The van der Waals surface area contributed by atoms with E-state index in [4.69, 9.17) is 4.42 Å². The van der Waals surface area contributed by atoms with Gasteiger partial charge in [0.1, 0.15) is 11.5 Å². The van der Waals surface area contributed by atoms with Gasteiger partial charge in [0.05, 0.1) is 21.9 Å². The second kappa shape index (κ2) is 7.72. The van der Waals surface area contributed by atoms with Gasteiger partial charge in [-0.2, -0.15) is 10.1 Å². The Hall–Kier alpha value is -3.52. The monoisotopic (exact) mass is 465 g/mol. The van der Waals surface area contributed by atoms with E-state index in [0.717, 1.165) is 5.56 Å². The number of carbonyl (C=O) groups excluding carboxylic acids is 1. The quantitative estimate of drug-likeness (QED) is 0.279. The summed E-state index contributed by atoms with van der Waals surface area (Å²) in [7, 11) is 0. The maximum Gasteiger partial charge on any atom is 0.280 e. The van der Waals surface area contributed by atoms with Crippen molar-refractivity contribution in [1.29, 1.82) is 0 Å². The highest BCUT2D eigenvalue weighted by Gasteiger charge is 2.29. The summed E-state index contributed by atoms with van der Waals surface area (Å²) in [5, 5.41) is 16.8. The maximum absolute atomic E-state index is 12.9. The van der Waals surface area contributed by atoms with Gasteiger partial charge in [0.15, 0.2) is 0 Å². The van der Waals surface area contributed by atoms with E-state index in [9.17, 15) is 14.9 Å². The van der Waals surface area contributed by atoms with Crippen LogP contribution in [0.1, 0.15) is 18.2 Å². The third kappa shape index (κ3) is 3.69. The summed E-state index contributed by atoms with van der Waals surface area (Å²) in [6.45, 7) is 3.74. The normalized spacial score (nSPS) is 15.0. The van der Waals surface area contributed by atoms with Crippen molar-refractivity contribution >= 4 is 45.0 Å². The number of rotatable bonds is 4. The Labute approximate surface area is 180 Å². The molecule has 0 radical (unpaired) electrons. The molecule has 2 aromatic carbocycles. The van der Waals surface area contributed by atoms with Gasteiger partial charge >= 0.3 is 0 Å². The largest absolute Gasteiger partial charge is 0.457 e. The van der Waals surface area contributed by atoms with Crippen molar-refractivity contribution in [3.8, 4) is 11.3 Å². The Morgan fingerprint density at radius 1 is 1.10 bits per heavy atom. The smallest absolute Gasteiger partial charge is 0.280 e. The van der Waals surface area contributed by atoms with Gasteiger partial charge in [-0.25, -0.2) is 0 Å². The zero-order chi connectivity index (χ0) is 21.4. The van der Waals surface area contributed by atoms with Crippen LogP contribution in [-0.4, -0.2) is 16.5 Å². The molecule has 0 spiro atoms. The predicted molar refractivity (Wildman–Crippen MR) is 118 cm³/mol. The van der Waals surface area contributed by atoms with Crippen LogP contribution in [0, 0.1) is 17.0 Å². The molecule has 0 saturated heterocycles. The van der Waals surface area contributed by atoms with Crippen molar-refractivity contribution in [1.82, 2.24) is 0 Å². The highest BCUT2D eigenvalue weighted by molar-refractivity contribution is 9.10. The lowest BCUT2D eigenvalue weighted by atomic mass is 10.1. The molecule has 150 valence electrons. The predicted octanol–water partition coefficient (Wildman–Crippen LogP) is 5.73. The Morgan fingerprint density at radius 3 is 2.53 bits per heavy atom. The van der Waals surface area contributed by atoms with E-state index in [1.807, 2.05) is 31.2 Å². The molecule has 0 saturated carbocycles. The number of nitro benzene ring substituents is 1. The number of amides is 1. The molecule has 1 aliphatic heterocycles. The summed E-state index contributed by atoms with van der Waals surface area (Å²) in [4.78, 5) is 23.5. The first-order chi connectivity index (χ1) is 14.3. The SMILES string of the molecule is CC1=NN(c2ccc(C)cc2)C(=O)C1=Cc1ccc(-c2cc([N+](=O)[O-])ccc2Br)o1. The number of aryl methyl sites for hydroxylation is 1. The van der Waals surface area contributed by atoms with Crippen LogP contribution < -0.4 is 5.01 Å². The van der Waals surface area contributed by atoms with E-state index in [2.05, 4.69) is 21.0 Å². The fraction of sp³-hybridized carbons (Fsp3) is 0.0909. The lowest BCUT2D eigenvalue weighted by Gasteiger charge is -2.11. The highest BCUT2D eigenvalue weighted by atomic mass is 79.9. The van der Waals surface area contributed by atoms with E-state index in [0.29, 0.717) is 38.5 Å². The van der Waals surface area contributed by atoms with E-state index in [1.54, 1.807) is 31.2 Å². The van der Waals surface area contributed by atoms with Crippen LogP contribution in [0.3, 0.4) is 0 Å². The Morgan fingerprint density at radius 2 is 1.83 bits per heavy atom. The molecule has 30 heavy (non-hydrogen) atoms. The first-order valence-electron chi connectivity index (χ1n) is 9.06. The Kier molecular flexibility index (Phi) is 5.09. The van der Waals surface area contributed by atoms with Crippen LogP contribution in [-0.2, 0) is 4.79 Å². The van der Waals surface area contributed by atoms with E-state index >= 15 is 0 Å². The Balaban J connectivity index is 1.64. The topological polar surface area (TPSA) is 89.0 Å². The van der Waals surface area contributed by atoms with E-state index in [1.165, 1.54) is 17.1 Å². The van der Waals surface area contributed by atoms with Crippen molar-refractivity contribution in [2.24, 2.45) is 5.10 Å². The van der Waals surface area contributed by atoms with Crippen molar-refractivity contribution in [2.45, 2.75) is 13.8 Å². The number of anilines is 1. The minimum absolute atomic E-state index is 0.0350. The number of halogens is 1. The molecule has 1 aliphatic rings. The van der Waals surface area contributed by atoms with E-state index in [-0.39, 0.29) is 11.6 Å². The van der Waals surface area contributed by atoms with Crippen LogP contribution in [0.15, 0.2) is 74.2 Å². The lowest BCUT2D eigenvalue weighted by Crippen LogP contribution is -2.21. The zero-order valence-corrected chi connectivity index (χ0v) is 17.7. The first-order valence-corrected chi connectivity index (χ1v) is 9.85. The fourth-order valence-corrected chi connectivity index (χ4v) is 3.52. The number of hydrazone groups is 1. The molecule has 8 heteroatoms. The standard InChI is InChI=1S/C22H16BrN3O4/c1-13-3-5-15(6-4-13)25-22(27)18(14(2)24-25)12-17-8-10-21(30-17)19-11-16(26(28)29)7-9-20(19)23/h3-12H,1-2H3. The number of non-ortho nitro benzene ring substituents is 1. The van der Waals surface area contributed by atoms with Crippen LogP contribution >= 0.6 is 15.9 Å². The van der Waals surface area contributed by atoms with Gasteiger partial charge in [-0.1, -0.05) is 33.6 Å². The van der Waals surface area contributed by atoms with Gasteiger partial charge in [0.2, 0.25) is 0 Å². The molecular formula is C22H16BrN3O4. The van der Waals surface area contributed by atoms with Crippen LogP contribution in [0.25, 0.3) is 17.4 Å². The van der Waals surface area contributed by atoms with Crippen LogP contribution in [0.4, 0.5) is 11.4 Å². The number of nitro groups is 1. The molecule has 0 N–H and O–H groups in total. The number of furan rings is 1. The molecule has 0 fully saturated rings. The minimum Gasteiger partial charge on any atom is -0.457 e. The summed E-state index contributed by atoms with van der Waals surface area (Å²) >= 11 is 3.39. The maximum atomic E-state index is 12.9. The molecule has 3 aromatic rings. The van der Waals surface area contributed by atoms with Gasteiger partial charge in [0.25, 0.3) is 11.6 Å². The van der Waals surface area contributed by atoms with Gasteiger partial charge in [-0.05, 0) is 50.3 Å². The number of hydrogen-bond acceptors (Lipinski definition) is 5. The van der Waals surface area contributed by atoms with Crippen molar-refractivity contribution in [2.75, 3.05) is 5.01 Å². The molecule has 4 rings (SSSR count). The van der Waals surface area contributed by atoms with Gasteiger partial charge in [-0.3, -0.25) is 14.9 Å². The minimum atomic E-state index is -0.460. The lowest BCUT2D eigenvalue weighted by molar-refractivity contribution is -0.384. The van der Waals surface area contributed by atoms with Crippen molar-refractivity contribution in [3.05, 3.63) is 86.1 Å². The number of nitrogens with zero attached hydrogens (tertiary/aromatic N) is 3. The van der Waals surface area contributed by atoms with Crippen LogP contribution in [0.5, 0.6) is 0 Å². The first kappa shape index (κ1) is 19.8. The summed E-state index contributed by atoms with van der Waals surface area (Å²) < 4.78 is 6.51. The molecule has 0 unspecified atom stereocenters. The van der Waals surface area contributed by atoms with Gasteiger partial charge in [-0.15, -0.1) is 0 Å². The average Bonchev–Trinajstić information content (AvgIpc) is 3.29. The summed E-state index contributed by atoms with van der Waals surface area (Å²) in [5.74, 6) is 0.658. The molecule has 2 heterocycles. The molecule has 0 atom stereocenters. The number of benzene rings is 2. The molecule has 0 aliphatic carbocycles. The summed E-state index contributed by atoms with van der Waals surface area (Å²) in [6.07, 6.45) is 1.63. The highest BCUT2D eigenvalue weighted by Crippen LogP contribution is 2.34. The molecule has 1 aromatic heterocycles. The fourth-order valence-electron chi connectivity index (χ4n) is 3.08. The zero-order valence-electron chi connectivity index (χ0n) is 16.1. The number of carbonyl (C=O) groups is 1. The van der Waals surface area contributed by atoms with Crippen molar-refractivity contribution < 1.29 is 14.1 Å². The van der Waals surface area contributed by atoms with Crippen LogP contribution in [0.2, 0.25) is 0 Å². The Bertz CT molecular complexity index is 1230. The molecule has 0 bridgehead atoms. The van der Waals surface area contributed by atoms with Gasteiger partial charge < -0.3 is 4.42 Å². The third-order valence-electron chi connectivity index (χ3n) is 4.68.